The van der Waals surface area contributed by atoms with Crippen molar-refractivity contribution in [1.82, 2.24) is 4.40 Å². The van der Waals surface area contributed by atoms with Crippen molar-refractivity contribution in [1.29, 1.82) is 0 Å². The fraction of sp³-hybridized carbons (Fsp3) is 0.200. The van der Waals surface area contributed by atoms with Crippen molar-refractivity contribution in [3.63, 3.8) is 0 Å². The van der Waals surface area contributed by atoms with Crippen LogP contribution in [-0.4, -0.2) is 20.6 Å². The molecule has 126 valence electrons. The Bertz CT molecular complexity index is 1060. The predicted molar refractivity (Wildman–Crippen MR) is 94.4 cm³/mol. The second-order valence-electron chi connectivity index (χ2n) is 6.52. The summed E-state index contributed by atoms with van der Waals surface area (Å²) in [6.45, 7) is 1.95. The standard InChI is InChI=1S/C20H17NO4/c1-11-15(12-4-6-14(22)7-5-12)8-9-21-18(11)16(13-2-3-13)10-17(19(21)23)20(24)25/h4-10,13,22H,2-3H2,1H3,(H,24,25). The third kappa shape index (κ3) is 2.48. The molecule has 1 saturated carbocycles. The number of carboxylic acid groups (broad SMARTS) is 1. The lowest BCUT2D eigenvalue weighted by molar-refractivity contribution is 0.0694. The van der Waals surface area contributed by atoms with Gasteiger partial charge in [-0.3, -0.25) is 9.20 Å². The van der Waals surface area contributed by atoms with Gasteiger partial charge in [-0.05, 0) is 72.2 Å². The lowest BCUT2D eigenvalue weighted by Crippen LogP contribution is -2.23. The van der Waals surface area contributed by atoms with E-state index in [4.69, 9.17) is 0 Å². The van der Waals surface area contributed by atoms with Gasteiger partial charge >= 0.3 is 5.97 Å². The highest BCUT2D eigenvalue weighted by Gasteiger charge is 2.29. The van der Waals surface area contributed by atoms with E-state index < -0.39 is 11.5 Å². The number of hydrogen-bond donors (Lipinski definition) is 2. The Labute approximate surface area is 143 Å². The molecule has 0 amide bonds. The summed E-state index contributed by atoms with van der Waals surface area (Å²) in [7, 11) is 0. The Balaban J connectivity index is 2.05. The van der Waals surface area contributed by atoms with E-state index >= 15 is 0 Å². The molecule has 1 fully saturated rings. The van der Waals surface area contributed by atoms with Gasteiger partial charge in [-0.25, -0.2) is 4.79 Å². The average molecular weight is 335 g/mol. The molecule has 4 rings (SSSR count). The van der Waals surface area contributed by atoms with Crippen molar-refractivity contribution in [2.24, 2.45) is 0 Å². The van der Waals surface area contributed by atoms with Crippen LogP contribution in [0.1, 0.15) is 40.2 Å². The normalized spacial score (nSPS) is 14.0. The SMILES string of the molecule is Cc1c(-c2ccc(O)cc2)ccn2c(=O)c(C(=O)O)cc(C3CC3)c12. The number of benzene rings is 1. The summed E-state index contributed by atoms with van der Waals surface area (Å²) < 4.78 is 1.45. The van der Waals surface area contributed by atoms with Gasteiger partial charge in [-0.2, -0.15) is 0 Å². The predicted octanol–water partition coefficient (Wildman–Crippen LogP) is 3.56. The Kier molecular flexibility index (Phi) is 3.39. The zero-order valence-corrected chi connectivity index (χ0v) is 13.7. The number of carboxylic acids is 1. The van der Waals surface area contributed by atoms with E-state index in [0.717, 1.165) is 40.6 Å². The van der Waals surface area contributed by atoms with Crippen LogP contribution in [0.5, 0.6) is 5.75 Å². The number of carbonyl (C=O) groups is 1. The second kappa shape index (κ2) is 5.48. The zero-order chi connectivity index (χ0) is 17.7. The quantitative estimate of drug-likeness (QED) is 0.767. The van der Waals surface area contributed by atoms with Gasteiger partial charge in [-0.1, -0.05) is 12.1 Å². The minimum atomic E-state index is -1.19. The molecule has 3 aromatic rings. The molecule has 2 heterocycles. The first-order valence-corrected chi connectivity index (χ1v) is 8.19. The minimum Gasteiger partial charge on any atom is -0.508 e. The Hall–Kier alpha value is -3.08. The number of nitrogens with zero attached hydrogens (tertiary/aromatic N) is 1. The first kappa shape index (κ1) is 15.4. The van der Waals surface area contributed by atoms with Crippen LogP contribution in [0.15, 0.2) is 47.4 Å². The Morgan fingerprint density at radius 1 is 1.16 bits per heavy atom. The summed E-state index contributed by atoms with van der Waals surface area (Å²) in [4.78, 5) is 24.0. The van der Waals surface area contributed by atoms with Gasteiger partial charge in [0.15, 0.2) is 0 Å². The highest BCUT2D eigenvalue weighted by Crippen LogP contribution is 2.43. The lowest BCUT2D eigenvalue weighted by atomic mass is 9.96. The number of pyridine rings is 2. The third-order valence-corrected chi connectivity index (χ3v) is 4.84. The molecule has 0 aliphatic heterocycles. The second-order valence-corrected chi connectivity index (χ2v) is 6.52. The van der Waals surface area contributed by atoms with Gasteiger partial charge in [0.2, 0.25) is 0 Å². The average Bonchev–Trinajstić information content (AvgIpc) is 3.41. The van der Waals surface area contributed by atoms with Crippen LogP contribution in [0.2, 0.25) is 0 Å². The highest BCUT2D eigenvalue weighted by atomic mass is 16.4. The summed E-state index contributed by atoms with van der Waals surface area (Å²) in [5, 5.41) is 18.8. The maximum atomic E-state index is 12.6. The monoisotopic (exact) mass is 335 g/mol. The zero-order valence-electron chi connectivity index (χ0n) is 13.7. The molecule has 0 saturated heterocycles. The molecule has 0 atom stereocenters. The number of phenolic OH excluding ortho intramolecular Hbond substituents is 1. The topological polar surface area (TPSA) is 79.0 Å². The Morgan fingerprint density at radius 2 is 1.84 bits per heavy atom. The number of aryl methyl sites for hydroxylation is 1. The van der Waals surface area contributed by atoms with Crippen molar-refractivity contribution < 1.29 is 15.0 Å². The smallest absolute Gasteiger partial charge is 0.341 e. The van der Waals surface area contributed by atoms with Gasteiger partial charge in [0.05, 0.1) is 5.52 Å². The van der Waals surface area contributed by atoms with Gasteiger partial charge in [0, 0.05) is 6.20 Å². The van der Waals surface area contributed by atoms with Crippen LogP contribution in [0.4, 0.5) is 0 Å². The highest BCUT2D eigenvalue weighted by molar-refractivity contribution is 5.89. The largest absolute Gasteiger partial charge is 0.508 e. The van der Waals surface area contributed by atoms with E-state index in [1.807, 2.05) is 25.1 Å². The summed E-state index contributed by atoms with van der Waals surface area (Å²) in [6.07, 6.45) is 3.66. The number of hydrogen-bond acceptors (Lipinski definition) is 3. The van der Waals surface area contributed by atoms with Gasteiger partial charge in [-0.15, -0.1) is 0 Å². The van der Waals surface area contributed by atoms with E-state index in [9.17, 15) is 19.8 Å². The molecule has 5 heteroatoms. The molecule has 1 aliphatic carbocycles. The van der Waals surface area contributed by atoms with Crippen molar-refractivity contribution in [3.05, 3.63) is 69.6 Å². The molecule has 0 bridgehead atoms. The van der Waals surface area contributed by atoms with Crippen LogP contribution >= 0.6 is 0 Å². The summed E-state index contributed by atoms with van der Waals surface area (Å²) in [5.41, 5.74) is 3.87. The van der Waals surface area contributed by atoms with E-state index in [0.29, 0.717) is 5.92 Å². The third-order valence-electron chi connectivity index (χ3n) is 4.84. The maximum absolute atomic E-state index is 12.6. The molecule has 2 aromatic heterocycles. The molecule has 25 heavy (non-hydrogen) atoms. The number of phenols is 1. The van der Waals surface area contributed by atoms with Crippen molar-refractivity contribution in [3.8, 4) is 16.9 Å². The fourth-order valence-electron chi connectivity index (χ4n) is 3.41. The first-order valence-electron chi connectivity index (χ1n) is 8.19. The number of aromatic carboxylic acids is 1. The van der Waals surface area contributed by atoms with Crippen LogP contribution in [0.3, 0.4) is 0 Å². The first-order chi connectivity index (χ1) is 12.0. The number of aromatic nitrogens is 1. The molecular formula is C20H17NO4. The number of rotatable bonds is 3. The van der Waals surface area contributed by atoms with Crippen molar-refractivity contribution in [2.75, 3.05) is 0 Å². The molecule has 1 aromatic carbocycles. The van der Waals surface area contributed by atoms with E-state index in [2.05, 4.69) is 0 Å². The van der Waals surface area contributed by atoms with Gasteiger partial charge in [0.1, 0.15) is 11.3 Å². The number of aromatic hydroxyl groups is 1. The van der Waals surface area contributed by atoms with Crippen LogP contribution in [-0.2, 0) is 0 Å². The van der Waals surface area contributed by atoms with Crippen LogP contribution in [0.25, 0.3) is 16.6 Å². The summed E-state index contributed by atoms with van der Waals surface area (Å²) in [5.74, 6) is -0.688. The molecule has 5 nitrogen and oxygen atoms in total. The molecule has 0 spiro atoms. The molecular weight excluding hydrogens is 318 g/mol. The van der Waals surface area contributed by atoms with Crippen molar-refractivity contribution >= 4 is 11.5 Å². The molecule has 0 unspecified atom stereocenters. The Morgan fingerprint density at radius 3 is 2.44 bits per heavy atom. The number of fused-ring (bicyclic) bond motifs is 1. The van der Waals surface area contributed by atoms with Gasteiger partial charge in [0.25, 0.3) is 5.56 Å². The van der Waals surface area contributed by atoms with E-state index in [-0.39, 0.29) is 11.3 Å². The van der Waals surface area contributed by atoms with Crippen LogP contribution < -0.4 is 5.56 Å². The lowest BCUT2D eigenvalue weighted by Gasteiger charge is -2.15. The van der Waals surface area contributed by atoms with Crippen molar-refractivity contribution in [2.45, 2.75) is 25.7 Å². The summed E-state index contributed by atoms with van der Waals surface area (Å²) in [6, 6.07) is 10.3. The fourth-order valence-corrected chi connectivity index (χ4v) is 3.41. The molecule has 2 N–H and O–H groups in total. The van der Waals surface area contributed by atoms with Gasteiger partial charge < -0.3 is 10.2 Å². The minimum absolute atomic E-state index is 0.184. The van der Waals surface area contributed by atoms with E-state index in [1.165, 1.54) is 4.40 Å². The van der Waals surface area contributed by atoms with E-state index in [1.54, 1.807) is 24.4 Å². The van der Waals surface area contributed by atoms with Crippen LogP contribution in [0, 0.1) is 6.92 Å². The maximum Gasteiger partial charge on any atom is 0.341 e. The molecule has 0 radical (unpaired) electrons. The molecule has 1 aliphatic rings. The summed E-state index contributed by atoms with van der Waals surface area (Å²) >= 11 is 0.